The monoisotopic (exact) mass is 831 g/mol. The average Bonchev–Trinajstić information content (AvgIpc) is 3.50. The van der Waals surface area contributed by atoms with Gasteiger partial charge in [0.1, 0.15) is 11.5 Å². The predicted molar refractivity (Wildman–Crippen MR) is 269 cm³/mol. The van der Waals surface area contributed by atoms with Gasteiger partial charge in [0.2, 0.25) is 0 Å². The number of hydrogen-bond donors (Lipinski definition) is 0. The number of unbranched alkanes of at least 4 members (excludes halogenated alkanes) is 20. The minimum absolute atomic E-state index is 0.234. The maximum absolute atomic E-state index is 6.24. The van der Waals surface area contributed by atoms with Crippen LogP contribution in [0.4, 0.5) is 0 Å². The average molecular weight is 831 g/mol. The summed E-state index contributed by atoms with van der Waals surface area (Å²) in [6.45, 7) is 19.6. The molecule has 0 fully saturated rings. The minimum atomic E-state index is 0.234. The van der Waals surface area contributed by atoms with Crippen molar-refractivity contribution in [1.82, 2.24) is 0 Å². The SMILES string of the molecule is CCCCCCCCC1(CCCCCCCC)c2cc(C)ccc2-c2ccc(C)cc21.CCCCCCCCOc1cc(C)cc2c(OCCCCCCCC)cc(C)cc12. The molecule has 0 N–H and O–H groups in total. The van der Waals surface area contributed by atoms with Crippen LogP contribution in [0.25, 0.3) is 21.9 Å². The fourth-order valence-corrected chi connectivity index (χ4v) is 9.84. The molecule has 1 aliphatic carbocycles. The second-order valence-corrected chi connectivity index (χ2v) is 19.1. The van der Waals surface area contributed by atoms with Crippen LogP contribution in [-0.2, 0) is 5.41 Å². The molecule has 2 nitrogen and oxygen atoms in total. The lowest BCUT2D eigenvalue weighted by atomic mass is 9.70. The summed E-state index contributed by atoms with van der Waals surface area (Å²) in [4.78, 5) is 0. The molecule has 5 rings (SSSR count). The summed E-state index contributed by atoms with van der Waals surface area (Å²) in [6, 6.07) is 23.3. The molecule has 338 valence electrons. The quantitative estimate of drug-likeness (QED) is 0.0488. The van der Waals surface area contributed by atoms with Crippen molar-refractivity contribution in [3.63, 3.8) is 0 Å². The summed E-state index contributed by atoms with van der Waals surface area (Å²) in [7, 11) is 0. The second-order valence-electron chi connectivity index (χ2n) is 19.1. The molecule has 0 aliphatic heterocycles. The van der Waals surface area contributed by atoms with Crippen LogP contribution in [0.1, 0.15) is 228 Å². The number of rotatable bonds is 30. The number of fused-ring (bicyclic) bond motifs is 4. The molecule has 0 heterocycles. The van der Waals surface area contributed by atoms with Crippen LogP contribution < -0.4 is 9.47 Å². The van der Waals surface area contributed by atoms with Gasteiger partial charge in [0.05, 0.1) is 13.2 Å². The highest BCUT2D eigenvalue weighted by Crippen LogP contribution is 2.54. The molecular formula is C59H90O2. The van der Waals surface area contributed by atoms with E-state index < -0.39 is 0 Å². The summed E-state index contributed by atoms with van der Waals surface area (Å²) in [5.41, 5.74) is 11.8. The van der Waals surface area contributed by atoms with Crippen molar-refractivity contribution in [2.75, 3.05) is 13.2 Å². The Balaban J connectivity index is 0.000000269. The molecule has 0 amide bonds. The Hall–Kier alpha value is -3.26. The van der Waals surface area contributed by atoms with Crippen molar-refractivity contribution in [2.24, 2.45) is 0 Å². The Kier molecular flexibility index (Phi) is 23.5. The molecule has 0 spiro atoms. The van der Waals surface area contributed by atoms with Crippen molar-refractivity contribution in [3.8, 4) is 22.6 Å². The van der Waals surface area contributed by atoms with Crippen LogP contribution in [0.5, 0.6) is 11.5 Å². The smallest absolute Gasteiger partial charge is 0.127 e. The zero-order chi connectivity index (χ0) is 43.7. The van der Waals surface area contributed by atoms with Crippen LogP contribution in [-0.4, -0.2) is 13.2 Å². The standard InChI is InChI=1S/C31H46.C28H44O2/c1-5-7-9-11-13-15-21-31(22-16-14-12-10-8-6-2)29-23-25(3)17-19-27(29)28-20-18-26(4)24-30(28)31;1-5-7-9-11-13-15-17-29-27-21-23(3)20-26-25(27)19-24(4)22-28(26)30-18-16-14-12-10-8-6-2/h17-20,23-24H,5-16,21-22H2,1-4H3;19-22H,5-18H2,1-4H3. The van der Waals surface area contributed by atoms with E-state index in [-0.39, 0.29) is 5.41 Å². The van der Waals surface area contributed by atoms with E-state index in [1.807, 2.05) is 0 Å². The van der Waals surface area contributed by atoms with Gasteiger partial charge in [-0.25, -0.2) is 0 Å². The van der Waals surface area contributed by atoms with Crippen LogP contribution in [0, 0.1) is 27.7 Å². The zero-order valence-corrected chi connectivity index (χ0v) is 40.9. The van der Waals surface area contributed by atoms with Gasteiger partial charge >= 0.3 is 0 Å². The molecule has 1 aliphatic rings. The highest BCUT2D eigenvalue weighted by Gasteiger charge is 2.42. The Morgan fingerprint density at radius 3 is 1.03 bits per heavy atom. The summed E-state index contributed by atoms with van der Waals surface area (Å²) in [5, 5.41) is 2.37. The van der Waals surface area contributed by atoms with E-state index in [0.717, 1.165) is 37.6 Å². The Morgan fingerprint density at radius 2 is 0.672 bits per heavy atom. The van der Waals surface area contributed by atoms with E-state index in [2.05, 4.69) is 116 Å². The van der Waals surface area contributed by atoms with Crippen LogP contribution in [0.2, 0.25) is 0 Å². The van der Waals surface area contributed by atoms with Crippen LogP contribution >= 0.6 is 0 Å². The molecule has 4 aromatic rings. The van der Waals surface area contributed by atoms with E-state index >= 15 is 0 Å². The lowest BCUT2D eigenvalue weighted by molar-refractivity contribution is 0.304. The third-order valence-corrected chi connectivity index (χ3v) is 13.4. The Bertz CT molecular complexity index is 1680. The molecule has 0 unspecified atom stereocenters. The van der Waals surface area contributed by atoms with Crippen LogP contribution in [0.3, 0.4) is 0 Å². The van der Waals surface area contributed by atoms with Gasteiger partial charge in [-0.1, -0.05) is 216 Å². The van der Waals surface area contributed by atoms with Gasteiger partial charge in [0.15, 0.2) is 0 Å². The number of benzene rings is 4. The molecule has 0 radical (unpaired) electrons. The normalized spacial score (nSPS) is 12.6. The first-order valence-electron chi connectivity index (χ1n) is 25.8. The number of aryl methyl sites for hydroxylation is 4. The van der Waals surface area contributed by atoms with Gasteiger partial charge in [0.25, 0.3) is 0 Å². The lowest BCUT2D eigenvalue weighted by Crippen LogP contribution is -2.25. The highest BCUT2D eigenvalue weighted by atomic mass is 16.5. The summed E-state index contributed by atoms with van der Waals surface area (Å²) < 4.78 is 12.5. The predicted octanol–water partition coefficient (Wildman–Crippen LogP) is 19.0. The third kappa shape index (κ3) is 16.1. The minimum Gasteiger partial charge on any atom is -0.493 e. The zero-order valence-electron chi connectivity index (χ0n) is 40.9. The summed E-state index contributed by atoms with van der Waals surface area (Å²) in [5.74, 6) is 2.01. The van der Waals surface area contributed by atoms with E-state index in [4.69, 9.17) is 9.47 Å². The molecule has 2 heteroatoms. The van der Waals surface area contributed by atoms with E-state index in [1.54, 1.807) is 11.1 Å². The van der Waals surface area contributed by atoms with Crippen LogP contribution in [0.15, 0.2) is 60.7 Å². The molecule has 0 atom stereocenters. The van der Waals surface area contributed by atoms with E-state index in [0.29, 0.717) is 0 Å². The first-order valence-corrected chi connectivity index (χ1v) is 25.8. The lowest BCUT2D eigenvalue weighted by Gasteiger charge is -2.33. The van der Waals surface area contributed by atoms with Crippen molar-refractivity contribution in [2.45, 2.75) is 228 Å². The maximum Gasteiger partial charge on any atom is 0.127 e. The van der Waals surface area contributed by atoms with Gasteiger partial charge in [0, 0.05) is 16.2 Å². The van der Waals surface area contributed by atoms with Gasteiger partial charge in [-0.05, 0) is 111 Å². The molecule has 4 aromatic carbocycles. The molecule has 0 saturated heterocycles. The fraction of sp³-hybridized carbons (Fsp3) is 0.627. The van der Waals surface area contributed by atoms with Gasteiger partial charge in [-0.2, -0.15) is 0 Å². The fourth-order valence-electron chi connectivity index (χ4n) is 9.84. The van der Waals surface area contributed by atoms with Gasteiger partial charge < -0.3 is 9.47 Å². The maximum atomic E-state index is 6.24. The van der Waals surface area contributed by atoms with Crippen molar-refractivity contribution >= 4 is 10.8 Å². The molecule has 0 saturated carbocycles. The summed E-state index contributed by atoms with van der Waals surface area (Å²) >= 11 is 0. The molecule has 0 bridgehead atoms. The van der Waals surface area contributed by atoms with Gasteiger partial charge in [-0.15, -0.1) is 0 Å². The Labute approximate surface area is 376 Å². The number of ether oxygens (including phenoxy) is 2. The molecule has 61 heavy (non-hydrogen) atoms. The van der Waals surface area contributed by atoms with Crippen molar-refractivity contribution < 1.29 is 9.47 Å². The first kappa shape index (κ1) is 50.4. The first-order chi connectivity index (χ1) is 29.8. The van der Waals surface area contributed by atoms with Gasteiger partial charge in [-0.3, -0.25) is 0 Å². The number of hydrogen-bond acceptors (Lipinski definition) is 2. The molecular weight excluding hydrogens is 741 g/mol. The largest absolute Gasteiger partial charge is 0.493 e. The topological polar surface area (TPSA) is 18.5 Å². The van der Waals surface area contributed by atoms with E-state index in [1.165, 1.54) is 198 Å². The van der Waals surface area contributed by atoms with Crippen molar-refractivity contribution in [1.29, 1.82) is 0 Å². The Morgan fingerprint density at radius 1 is 0.344 bits per heavy atom. The van der Waals surface area contributed by atoms with E-state index in [9.17, 15) is 0 Å². The van der Waals surface area contributed by atoms with Crippen molar-refractivity contribution in [3.05, 3.63) is 94.0 Å². The summed E-state index contributed by atoms with van der Waals surface area (Å²) in [6.07, 6.45) is 34.7. The molecule has 0 aromatic heterocycles. The third-order valence-electron chi connectivity index (χ3n) is 13.4. The second kappa shape index (κ2) is 28.4. The highest BCUT2D eigenvalue weighted by molar-refractivity contribution is 5.94.